The highest BCUT2D eigenvalue weighted by Gasteiger charge is 2.20. The summed E-state index contributed by atoms with van der Waals surface area (Å²) in [5, 5.41) is 16.1. The van der Waals surface area contributed by atoms with Crippen LogP contribution in [0, 0.1) is 0 Å². The first-order valence-corrected chi connectivity index (χ1v) is 7.02. The highest BCUT2D eigenvalue weighted by atomic mass is 16.3. The zero-order chi connectivity index (χ0) is 14.6. The van der Waals surface area contributed by atoms with E-state index in [0.29, 0.717) is 13.1 Å². The summed E-state index contributed by atoms with van der Waals surface area (Å²) in [5.41, 5.74) is 0.532. The number of hydrogen-bond acceptors (Lipinski definition) is 3. The molecule has 1 unspecified atom stereocenters. The molecule has 0 aliphatic rings. The molecule has 0 aliphatic carbocycles. The van der Waals surface area contributed by atoms with Crippen molar-refractivity contribution in [3.63, 3.8) is 0 Å². The Kier molecular flexibility index (Phi) is 4.76. The van der Waals surface area contributed by atoms with Crippen LogP contribution in [0.5, 0.6) is 0 Å². The Morgan fingerprint density at radius 2 is 1.80 bits per heavy atom. The highest BCUT2D eigenvalue weighted by molar-refractivity contribution is 5.82. The molecule has 3 heteroatoms. The summed E-state index contributed by atoms with van der Waals surface area (Å²) in [7, 11) is 3.94. The van der Waals surface area contributed by atoms with Gasteiger partial charge in [-0.25, -0.2) is 0 Å². The quantitative estimate of drug-likeness (QED) is 0.846. The molecule has 1 atom stereocenters. The third-order valence-corrected chi connectivity index (χ3v) is 3.31. The van der Waals surface area contributed by atoms with Crippen LogP contribution in [0.3, 0.4) is 0 Å². The Balaban J connectivity index is 1.92. The number of nitrogens with zero attached hydrogens (tertiary/aromatic N) is 1. The number of likely N-dealkylation sites (N-methyl/N-ethyl adjacent to an activating group) is 1. The second-order valence-corrected chi connectivity index (χ2v) is 6.02. The third kappa shape index (κ3) is 4.30. The molecule has 2 N–H and O–H groups in total. The van der Waals surface area contributed by atoms with Gasteiger partial charge in [-0.3, -0.25) is 0 Å². The molecule has 2 aromatic carbocycles. The second kappa shape index (κ2) is 6.35. The summed E-state index contributed by atoms with van der Waals surface area (Å²) < 4.78 is 0. The molecule has 0 bridgehead atoms. The van der Waals surface area contributed by atoms with Crippen molar-refractivity contribution in [1.82, 2.24) is 10.2 Å². The van der Waals surface area contributed by atoms with Gasteiger partial charge < -0.3 is 15.3 Å². The SMILES string of the molecule is CN(C)CC(C)(O)CNCc1ccc2ccccc2c1. The normalized spacial score (nSPS) is 14.7. The lowest BCUT2D eigenvalue weighted by atomic mass is 10.1. The highest BCUT2D eigenvalue weighted by Crippen LogP contribution is 2.15. The first kappa shape index (κ1) is 15.0. The number of hydrogen-bond donors (Lipinski definition) is 2. The monoisotopic (exact) mass is 272 g/mol. The van der Waals surface area contributed by atoms with Crippen LogP contribution in [0.1, 0.15) is 12.5 Å². The average molecular weight is 272 g/mol. The molecule has 20 heavy (non-hydrogen) atoms. The molecule has 0 saturated heterocycles. The number of nitrogens with one attached hydrogen (secondary N) is 1. The van der Waals surface area contributed by atoms with Crippen LogP contribution in [0.4, 0.5) is 0 Å². The fraction of sp³-hybridized carbons (Fsp3) is 0.412. The smallest absolute Gasteiger partial charge is 0.0869 e. The Morgan fingerprint density at radius 3 is 2.50 bits per heavy atom. The van der Waals surface area contributed by atoms with E-state index in [9.17, 15) is 5.11 Å². The van der Waals surface area contributed by atoms with E-state index in [1.54, 1.807) is 0 Å². The number of aliphatic hydroxyl groups is 1. The van der Waals surface area contributed by atoms with Crippen molar-refractivity contribution in [1.29, 1.82) is 0 Å². The van der Waals surface area contributed by atoms with Gasteiger partial charge in [0, 0.05) is 19.6 Å². The number of fused-ring (bicyclic) bond motifs is 1. The minimum atomic E-state index is -0.708. The lowest BCUT2D eigenvalue weighted by Gasteiger charge is -2.27. The first-order valence-electron chi connectivity index (χ1n) is 7.02. The average Bonchev–Trinajstić information content (AvgIpc) is 2.37. The van der Waals surface area contributed by atoms with Gasteiger partial charge in [0.15, 0.2) is 0 Å². The van der Waals surface area contributed by atoms with Crippen molar-refractivity contribution in [2.24, 2.45) is 0 Å². The largest absolute Gasteiger partial charge is 0.388 e. The van der Waals surface area contributed by atoms with Crippen molar-refractivity contribution >= 4 is 10.8 Å². The zero-order valence-electron chi connectivity index (χ0n) is 12.6. The number of benzene rings is 2. The predicted molar refractivity (Wildman–Crippen MR) is 84.8 cm³/mol. The van der Waals surface area contributed by atoms with Gasteiger partial charge in [0.05, 0.1) is 5.60 Å². The molecule has 0 spiro atoms. The summed E-state index contributed by atoms with van der Waals surface area (Å²) in [5.74, 6) is 0. The van der Waals surface area contributed by atoms with Gasteiger partial charge in [-0.05, 0) is 43.4 Å². The fourth-order valence-electron chi connectivity index (χ4n) is 2.56. The van der Waals surface area contributed by atoms with Crippen LogP contribution in [-0.2, 0) is 6.54 Å². The maximum absolute atomic E-state index is 10.2. The molecule has 2 aromatic rings. The molecular weight excluding hydrogens is 248 g/mol. The molecule has 0 heterocycles. The molecule has 0 aliphatic heterocycles. The van der Waals surface area contributed by atoms with Gasteiger partial charge in [0.1, 0.15) is 0 Å². The van der Waals surface area contributed by atoms with E-state index in [2.05, 4.69) is 47.8 Å². The Bertz CT molecular complexity index is 564. The van der Waals surface area contributed by atoms with Crippen LogP contribution in [0.2, 0.25) is 0 Å². The molecule has 0 aromatic heterocycles. The summed E-state index contributed by atoms with van der Waals surface area (Å²) >= 11 is 0. The predicted octanol–water partition coefficient (Wildman–Crippen LogP) is 2.24. The Hall–Kier alpha value is -1.42. The van der Waals surface area contributed by atoms with Gasteiger partial charge in [-0.15, -0.1) is 0 Å². The summed E-state index contributed by atoms with van der Waals surface area (Å²) in [6.07, 6.45) is 0. The lowest BCUT2D eigenvalue weighted by molar-refractivity contribution is 0.0336. The van der Waals surface area contributed by atoms with Crippen LogP contribution in [-0.4, -0.2) is 42.8 Å². The minimum absolute atomic E-state index is 0.581. The van der Waals surface area contributed by atoms with Crippen molar-refractivity contribution in [3.05, 3.63) is 48.0 Å². The molecule has 0 fully saturated rings. The van der Waals surface area contributed by atoms with Crippen molar-refractivity contribution in [2.75, 3.05) is 27.2 Å². The fourth-order valence-corrected chi connectivity index (χ4v) is 2.56. The van der Waals surface area contributed by atoms with Crippen LogP contribution >= 0.6 is 0 Å². The zero-order valence-corrected chi connectivity index (χ0v) is 12.6. The van der Waals surface area contributed by atoms with Gasteiger partial charge in [-0.2, -0.15) is 0 Å². The maximum Gasteiger partial charge on any atom is 0.0869 e. The maximum atomic E-state index is 10.2. The molecule has 0 amide bonds. The molecular formula is C17H24N2O. The van der Waals surface area contributed by atoms with Crippen LogP contribution in [0.25, 0.3) is 10.8 Å². The van der Waals surface area contributed by atoms with Gasteiger partial charge in [0.2, 0.25) is 0 Å². The van der Waals surface area contributed by atoms with E-state index in [1.807, 2.05) is 25.9 Å². The standard InChI is InChI=1S/C17H24N2O/c1-17(20,13-19(2)3)12-18-11-14-8-9-15-6-4-5-7-16(15)10-14/h4-10,18,20H,11-13H2,1-3H3. The summed E-state index contributed by atoms with van der Waals surface area (Å²) in [6, 6.07) is 14.8. The lowest BCUT2D eigenvalue weighted by Crippen LogP contribution is -2.45. The minimum Gasteiger partial charge on any atom is -0.388 e. The number of rotatable bonds is 6. The van der Waals surface area contributed by atoms with Crippen LogP contribution < -0.4 is 5.32 Å². The molecule has 108 valence electrons. The van der Waals surface area contributed by atoms with Crippen molar-refractivity contribution in [3.8, 4) is 0 Å². The van der Waals surface area contributed by atoms with E-state index in [4.69, 9.17) is 0 Å². The van der Waals surface area contributed by atoms with E-state index in [-0.39, 0.29) is 0 Å². The van der Waals surface area contributed by atoms with Crippen molar-refractivity contribution < 1.29 is 5.11 Å². The van der Waals surface area contributed by atoms with Crippen LogP contribution in [0.15, 0.2) is 42.5 Å². The molecule has 3 nitrogen and oxygen atoms in total. The van der Waals surface area contributed by atoms with E-state index in [1.165, 1.54) is 16.3 Å². The Morgan fingerprint density at radius 1 is 1.10 bits per heavy atom. The topological polar surface area (TPSA) is 35.5 Å². The summed E-state index contributed by atoms with van der Waals surface area (Å²) in [4.78, 5) is 2.00. The Labute approximate surface area is 121 Å². The second-order valence-electron chi connectivity index (χ2n) is 6.02. The van der Waals surface area contributed by atoms with Gasteiger partial charge in [-0.1, -0.05) is 36.4 Å². The third-order valence-electron chi connectivity index (χ3n) is 3.31. The van der Waals surface area contributed by atoms with E-state index >= 15 is 0 Å². The van der Waals surface area contributed by atoms with Crippen molar-refractivity contribution in [2.45, 2.75) is 19.1 Å². The first-order chi connectivity index (χ1) is 9.46. The van der Waals surface area contributed by atoms with Gasteiger partial charge in [0.25, 0.3) is 0 Å². The van der Waals surface area contributed by atoms with E-state index in [0.717, 1.165) is 6.54 Å². The molecule has 2 rings (SSSR count). The molecule has 0 saturated carbocycles. The van der Waals surface area contributed by atoms with Gasteiger partial charge >= 0.3 is 0 Å². The molecule has 0 radical (unpaired) electrons. The van der Waals surface area contributed by atoms with E-state index < -0.39 is 5.60 Å². The summed E-state index contributed by atoms with van der Waals surface area (Å²) in [6.45, 7) is 3.87.